The van der Waals surface area contributed by atoms with Gasteiger partial charge < -0.3 is 9.84 Å². The van der Waals surface area contributed by atoms with Crippen LogP contribution in [0.3, 0.4) is 0 Å². The first kappa shape index (κ1) is 17.3. The average Bonchev–Trinajstić information content (AvgIpc) is 3.07. The van der Waals surface area contributed by atoms with Crippen molar-refractivity contribution in [2.24, 2.45) is 0 Å². The highest BCUT2D eigenvalue weighted by atomic mass is 16.5. The maximum Gasteiger partial charge on any atom is 0.411 e. The van der Waals surface area contributed by atoms with Crippen molar-refractivity contribution >= 4 is 22.7 Å². The van der Waals surface area contributed by atoms with Gasteiger partial charge in [0, 0.05) is 17.5 Å². The third-order valence-electron chi connectivity index (χ3n) is 5.31. The number of nitrogens with zero attached hydrogens (tertiary/aromatic N) is 1. The molecule has 1 aliphatic rings. The van der Waals surface area contributed by atoms with Gasteiger partial charge in [-0.05, 0) is 46.5 Å². The first-order chi connectivity index (χ1) is 14.2. The molecule has 4 aromatic rings. The van der Waals surface area contributed by atoms with Crippen molar-refractivity contribution < 1.29 is 14.6 Å². The summed E-state index contributed by atoms with van der Waals surface area (Å²) >= 11 is 0. The fourth-order valence-corrected chi connectivity index (χ4v) is 3.99. The largest absolute Gasteiger partial charge is 0.508 e. The summed E-state index contributed by atoms with van der Waals surface area (Å²) < 4.78 is 5.59. The molecular weight excluding hydrogens is 364 g/mol. The van der Waals surface area contributed by atoms with Gasteiger partial charge in [0.1, 0.15) is 12.4 Å². The van der Waals surface area contributed by atoms with Gasteiger partial charge in [0.05, 0.1) is 11.2 Å². The highest BCUT2D eigenvalue weighted by Gasteiger charge is 2.29. The van der Waals surface area contributed by atoms with Crippen LogP contribution in [0.25, 0.3) is 22.0 Å². The normalized spacial score (nSPS) is 12.4. The van der Waals surface area contributed by atoms with Gasteiger partial charge in [-0.1, -0.05) is 48.5 Å². The lowest BCUT2D eigenvalue weighted by molar-refractivity contribution is 0.158. The Bertz CT molecular complexity index is 1190. The molecule has 0 radical (unpaired) electrons. The fourth-order valence-electron chi connectivity index (χ4n) is 3.99. The molecule has 0 fully saturated rings. The van der Waals surface area contributed by atoms with Gasteiger partial charge in [-0.25, -0.2) is 4.79 Å². The molecule has 0 atom stereocenters. The maximum atomic E-state index is 12.5. The first-order valence-electron chi connectivity index (χ1n) is 9.40. The quantitative estimate of drug-likeness (QED) is 0.504. The minimum atomic E-state index is -0.539. The van der Waals surface area contributed by atoms with Crippen LogP contribution in [0.1, 0.15) is 17.0 Å². The van der Waals surface area contributed by atoms with Crippen LogP contribution < -0.4 is 5.32 Å². The molecule has 0 saturated carbocycles. The van der Waals surface area contributed by atoms with E-state index in [0.717, 1.165) is 0 Å². The van der Waals surface area contributed by atoms with Crippen molar-refractivity contribution in [1.29, 1.82) is 0 Å². The molecule has 5 heteroatoms. The van der Waals surface area contributed by atoms with E-state index < -0.39 is 6.09 Å². The Balaban J connectivity index is 1.36. The molecule has 142 valence electrons. The summed E-state index contributed by atoms with van der Waals surface area (Å²) in [7, 11) is 0. The van der Waals surface area contributed by atoms with Gasteiger partial charge in [0.25, 0.3) is 0 Å². The highest BCUT2D eigenvalue weighted by Crippen LogP contribution is 2.44. The van der Waals surface area contributed by atoms with Crippen molar-refractivity contribution in [3.63, 3.8) is 0 Å². The number of pyridine rings is 1. The number of fused-ring (bicyclic) bond motifs is 4. The molecule has 1 aliphatic carbocycles. The summed E-state index contributed by atoms with van der Waals surface area (Å²) in [5.41, 5.74) is 5.93. The molecule has 1 amide bonds. The van der Waals surface area contributed by atoms with E-state index in [1.807, 2.05) is 24.3 Å². The van der Waals surface area contributed by atoms with Crippen molar-refractivity contribution in [3.05, 3.63) is 90.1 Å². The highest BCUT2D eigenvalue weighted by molar-refractivity contribution is 5.99. The monoisotopic (exact) mass is 382 g/mol. The summed E-state index contributed by atoms with van der Waals surface area (Å²) in [6.07, 6.45) is 1.07. The van der Waals surface area contributed by atoms with E-state index in [9.17, 15) is 9.90 Å². The van der Waals surface area contributed by atoms with Crippen LogP contribution in [-0.2, 0) is 4.74 Å². The molecule has 0 bridgehead atoms. The smallest absolute Gasteiger partial charge is 0.411 e. The molecule has 3 aromatic carbocycles. The van der Waals surface area contributed by atoms with Crippen molar-refractivity contribution in [2.75, 3.05) is 11.9 Å². The third kappa shape index (κ3) is 3.06. The van der Waals surface area contributed by atoms with Crippen molar-refractivity contribution in [2.45, 2.75) is 5.92 Å². The lowest BCUT2D eigenvalue weighted by Crippen LogP contribution is -2.18. The number of hydrogen-bond acceptors (Lipinski definition) is 4. The second-order valence-corrected chi connectivity index (χ2v) is 7.01. The molecule has 1 heterocycles. The summed E-state index contributed by atoms with van der Waals surface area (Å²) in [5, 5.41) is 13.2. The van der Waals surface area contributed by atoms with Crippen LogP contribution in [0.4, 0.5) is 10.5 Å². The van der Waals surface area contributed by atoms with Crippen LogP contribution in [0.15, 0.2) is 79.0 Å². The third-order valence-corrected chi connectivity index (χ3v) is 5.31. The molecule has 2 N–H and O–H groups in total. The number of ether oxygens (including phenoxy) is 1. The van der Waals surface area contributed by atoms with Crippen molar-refractivity contribution in [3.8, 4) is 16.9 Å². The fraction of sp³-hybridized carbons (Fsp3) is 0.0833. The van der Waals surface area contributed by atoms with Gasteiger partial charge in [-0.2, -0.15) is 0 Å². The molecule has 1 aromatic heterocycles. The molecule has 5 rings (SSSR count). The zero-order valence-electron chi connectivity index (χ0n) is 15.5. The standard InChI is InChI=1S/C24H18N2O3/c27-15-9-10-22-20(13-15)23(11-12-25-22)26-24(28)29-14-21-18-7-3-1-5-16(18)17-6-2-4-8-19(17)21/h1-13,21,27H,14H2,(H,25,26,28). The molecule has 0 unspecified atom stereocenters. The Labute approximate surface area is 167 Å². The van der Waals surface area contributed by atoms with Crippen LogP contribution >= 0.6 is 0 Å². The minimum Gasteiger partial charge on any atom is -0.508 e. The summed E-state index contributed by atoms with van der Waals surface area (Å²) in [6.45, 7) is 0.244. The van der Waals surface area contributed by atoms with Gasteiger partial charge >= 0.3 is 6.09 Å². The Morgan fingerprint density at radius 3 is 2.38 bits per heavy atom. The molecular formula is C24H18N2O3. The lowest BCUT2D eigenvalue weighted by Gasteiger charge is -2.15. The van der Waals surface area contributed by atoms with Gasteiger partial charge in [-0.15, -0.1) is 0 Å². The number of aromatic hydroxyl groups is 1. The Hall–Kier alpha value is -3.86. The Morgan fingerprint density at radius 2 is 1.66 bits per heavy atom. The predicted molar refractivity (Wildman–Crippen MR) is 112 cm³/mol. The predicted octanol–water partition coefficient (Wildman–Crippen LogP) is 5.30. The Morgan fingerprint density at radius 1 is 0.966 bits per heavy atom. The zero-order chi connectivity index (χ0) is 19.8. The topological polar surface area (TPSA) is 71.5 Å². The molecule has 5 nitrogen and oxygen atoms in total. The molecule has 29 heavy (non-hydrogen) atoms. The van der Waals surface area contributed by atoms with E-state index in [-0.39, 0.29) is 18.3 Å². The summed E-state index contributed by atoms with van der Waals surface area (Å²) in [4.78, 5) is 16.8. The molecule has 0 saturated heterocycles. The van der Waals surface area contributed by atoms with Crippen LogP contribution in [0, 0.1) is 0 Å². The average molecular weight is 382 g/mol. The van der Waals surface area contributed by atoms with Gasteiger partial charge in [0.2, 0.25) is 0 Å². The number of carbonyl (C=O) groups is 1. The maximum absolute atomic E-state index is 12.5. The summed E-state index contributed by atoms with van der Waals surface area (Å²) in [6, 6.07) is 22.9. The number of rotatable bonds is 3. The number of nitrogens with one attached hydrogen (secondary N) is 1. The number of phenolic OH excluding ortho intramolecular Hbond substituents is 1. The SMILES string of the molecule is O=C(Nc1ccnc2ccc(O)cc12)OCC1c2ccccc2-c2ccccc21. The number of aromatic nitrogens is 1. The lowest BCUT2D eigenvalue weighted by atomic mass is 9.98. The van der Waals surface area contributed by atoms with E-state index in [2.05, 4.69) is 34.6 Å². The van der Waals surface area contributed by atoms with E-state index in [4.69, 9.17) is 4.74 Å². The van der Waals surface area contributed by atoms with E-state index >= 15 is 0 Å². The number of carbonyl (C=O) groups excluding carboxylic acids is 1. The summed E-state index contributed by atoms with van der Waals surface area (Å²) in [5.74, 6) is 0.118. The second-order valence-electron chi connectivity index (χ2n) is 7.01. The number of anilines is 1. The van der Waals surface area contributed by atoms with E-state index in [1.54, 1.807) is 30.5 Å². The molecule has 0 aliphatic heterocycles. The Kier molecular flexibility index (Phi) is 4.13. The first-order valence-corrected chi connectivity index (χ1v) is 9.40. The van der Waals surface area contributed by atoms with Crippen LogP contribution in [0.5, 0.6) is 5.75 Å². The number of benzene rings is 3. The van der Waals surface area contributed by atoms with Gasteiger partial charge in [-0.3, -0.25) is 10.3 Å². The number of amides is 1. The zero-order valence-corrected chi connectivity index (χ0v) is 15.5. The minimum absolute atomic E-state index is 0.00591. The second kappa shape index (κ2) is 6.95. The van der Waals surface area contributed by atoms with Crippen LogP contribution in [0.2, 0.25) is 0 Å². The van der Waals surface area contributed by atoms with E-state index in [1.165, 1.54) is 22.3 Å². The van der Waals surface area contributed by atoms with Gasteiger partial charge in [0.15, 0.2) is 0 Å². The number of hydrogen-bond donors (Lipinski definition) is 2. The van der Waals surface area contributed by atoms with Crippen LogP contribution in [-0.4, -0.2) is 22.8 Å². The van der Waals surface area contributed by atoms with E-state index in [0.29, 0.717) is 16.6 Å². The van der Waals surface area contributed by atoms with Crippen molar-refractivity contribution in [1.82, 2.24) is 4.98 Å². The number of phenols is 1. The molecule has 0 spiro atoms.